The molecule has 0 N–H and O–H groups in total. The van der Waals surface area contributed by atoms with Crippen molar-refractivity contribution in [2.24, 2.45) is 0 Å². The van der Waals surface area contributed by atoms with Gasteiger partial charge in [-0.3, -0.25) is 9.59 Å². The number of hydrogen-bond acceptors (Lipinski definition) is 10. The molecule has 46 heavy (non-hydrogen) atoms. The third-order valence-electron chi connectivity index (χ3n) is 6.84. The summed E-state index contributed by atoms with van der Waals surface area (Å²) in [6.45, 7) is -0.218. The molecule has 0 bridgehead atoms. The Balaban J connectivity index is 1.20. The summed E-state index contributed by atoms with van der Waals surface area (Å²) in [6, 6.07) is 27.6. The summed E-state index contributed by atoms with van der Waals surface area (Å²) in [5.74, 6) is -1.01. The average molecular weight is 627 g/mol. The molecule has 0 heterocycles. The van der Waals surface area contributed by atoms with Gasteiger partial charge >= 0.3 is 23.9 Å². The summed E-state index contributed by atoms with van der Waals surface area (Å²) in [7, 11) is 3.14. The third-order valence-corrected chi connectivity index (χ3v) is 6.84. The zero-order chi connectivity index (χ0) is 32.7. The number of benzene rings is 4. The fourth-order valence-electron chi connectivity index (χ4n) is 4.25. The number of hydrogen-bond donors (Lipinski definition) is 0. The number of methoxy groups -OCH3 is 2. The quantitative estimate of drug-likeness (QED) is 0.115. The number of carbonyl (C=O) groups is 4. The predicted octanol–water partition coefficient (Wildman–Crippen LogP) is 5.98. The van der Waals surface area contributed by atoms with Crippen molar-refractivity contribution in [3.05, 3.63) is 130 Å². The average Bonchev–Trinajstić information content (AvgIpc) is 3.10. The molecule has 238 valence electrons. The van der Waals surface area contributed by atoms with Gasteiger partial charge in [-0.15, -0.1) is 0 Å². The van der Waals surface area contributed by atoms with Crippen molar-refractivity contribution in [1.82, 2.24) is 0 Å². The van der Waals surface area contributed by atoms with Gasteiger partial charge in [0.2, 0.25) is 0 Å². The van der Waals surface area contributed by atoms with Crippen LogP contribution in [0.2, 0.25) is 0 Å². The van der Waals surface area contributed by atoms with E-state index < -0.39 is 23.9 Å². The highest BCUT2D eigenvalue weighted by Gasteiger charge is 2.17. The highest BCUT2D eigenvalue weighted by Crippen LogP contribution is 2.18. The largest absolute Gasteiger partial charge is 0.497 e. The van der Waals surface area contributed by atoms with E-state index in [1.54, 1.807) is 111 Å². The molecule has 0 saturated carbocycles. The van der Waals surface area contributed by atoms with Gasteiger partial charge < -0.3 is 28.4 Å². The molecule has 10 nitrogen and oxygen atoms in total. The van der Waals surface area contributed by atoms with E-state index in [1.165, 1.54) is 0 Å². The molecule has 0 fully saturated rings. The van der Waals surface area contributed by atoms with Crippen molar-refractivity contribution < 1.29 is 47.6 Å². The molecular formula is C36H34O10. The Labute approximate surface area is 266 Å². The van der Waals surface area contributed by atoms with Crippen LogP contribution in [0.15, 0.2) is 97.1 Å². The van der Waals surface area contributed by atoms with Gasteiger partial charge in [-0.2, -0.15) is 0 Å². The fraction of sp³-hybridized carbons (Fsp3) is 0.222. The maximum absolute atomic E-state index is 12.7. The Morgan fingerprint density at radius 3 is 1.20 bits per heavy atom. The van der Waals surface area contributed by atoms with E-state index >= 15 is 0 Å². The minimum atomic E-state index is -0.638. The molecule has 4 aromatic rings. The number of rotatable bonds is 15. The molecule has 0 radical (unpaired) electrons. The fourth-order valence-corrected chi connectivity index (χ4v) is 4.25. The minimum absolute atomic E-state index is 0.0639. The van der Waals surface area contributed by atoms with Crippen LogP contribution in [0.4, 0.5) is 0 Å². The zero-order valence-corrected chi connectivity index (χ0v) is 25.6. The molecule has 0 saturated heterocycles. The molecule has 0 amide bonds. The first-order valence-corrected chi connectivity index (χ1v) is 14.4. The van der Waals surface area contributed by atoms with Gasteiger partial charge in [-0.1, -0.05) is 60.7 Å². The topological polar surface area (TPSA) is 124 Å². The second-order valence-corrected chi connectivity index (χ2v) is 9.98. The third kappa shape index (κ3) is 9.95. The van der Waals surface area contributed by atoms with Gasteiger partial charge in [-0.25, -0.2) is 9.59 Å². The molecule has 4 rings (SSSR count). The van der Waals surface area contributed by atoms with E-state index in [1.807, 2.05) is 0 Å². The van der Waals surface area contributed by atoms with E-state index in [-0.39, 0.29) is 50.4 Å². The van der Waals surface area contributed by atoms with Crippen molar-refractivity contribution in [2.75, 3.05) is 14.2 Å². The van der Waals surface area contributed by atoms with E-state index in [2.05, 4.69) is 0 Å². The predicted molar refractivity (Wildman–Crippen MR) is 166 cm³/mol. The van der Waals surface area contributed by atoms with E-state index in [9.17, 15) is 19.2 Å². The van der Waals surface area contributed by atoms with Crippen LogP contribution >= 0.6 is 0 Å². The highest BCUT2D eigenvalue weighted by atomic mass is 16.5. The maximum Gasteiger partial charge on any atom is 0.338 e. The van der Waals surface area contributed by atoms with Gasteiger partial charge in [0.1, 0.15) is 37.9 Å². The lowest BCUT2D eigenvalue weighted by molar-refractivity contribution is -0.151. The zero-order valence-electron chi connectivity index (χ0n) is 25.6. The standard InChI is InChI=1S/C36H34O10/c1-41-29-15-11-25(12-16-29)21-45-35(39)31-9-5-3-7-27(31)23-43-33(37)19-20-34(38)44-24-28-8-4-6-10-32(28)36(40)46-22-26-13-17-30(42-2)18-14-26/h3-18H,19-24H2,1-2H3. The first-order chi connectivity index (χ1) is 22.4. The van der Waals surface area contributed by atoms with Crippen molar-refractivity contribution in [1.29, 1.82) is 0 Å². The van der Waals surface area contributed by atoms with E-state index in [4.69, 9.17) is 28.4 Å². The normalized spacial score (nSPS) is 10.4. The Bertz CT molecular complexity index is 1500. The summed E-state index contributed by atoms with van der Waals surface area (Å²) < 4.78 is 31.7. The van der Waals surface area contributed by atoms with Crippen molar-refractivity contribution in [2.45, 2.75) is 39.3 Å². The van der Waals surface area contributed by atoms with Crippen LogP contribution in [0.3, 0.4) is 0 Å². The lowest BCUT2D eigenvalue weighted by atomic mass is 10.1. The van der Waals surface area contributed by atoms with Crippen molar-refractivity contribution in [3.8, 4) is 11.5 Å². The molecule has 0 spiro atoms. The molecular weight excluding hydrogens is 592 g/mol. The maximum atomic E-state index is 12.7. The number of esters is 4. The van der Waals surface area contributed by atoms with Gasteiger partial charge in [0.05, 0.1) is 38.2 Å². The molecule has 0 aromatic heterocycles. The van der Waals surface area contributed by atoms with Crippen LogP contribution in [0.5, 0.6) is 11.5 Å². The van der Waals surface area contributed by atoms with Gasteiger partial charge in [0.25, 0.3) is 0 Å². The minimum Gasteiger partial charge on any atom is -0.497 e. The van der Waals surface area contributed by atoms with Crippen LogP contribution in [0.25, 0.3) is 0 Å². The van der Waals surface area contributed by atoms with Gasteiger partial charge in [0, 0.05) is 11.1 Å². The number of ether oxygens (including phenoxy) is 6. The smallest absolute Gasteiger partial charge is 0.338 e. The van der Waals surface area contributed by atoms with E-state index in [0.717, 1.165) is 11.1 Å². The van der Waals surface area contributed by atoms with Crippen LogP contribution < -0.4 is 9.47 Å². The molecule has 0 aliphatic carbocycles. The Hall–Kier alpha value is -5.64. The SMILES string of the molecule is COc1ccc(COC(=O)c2ccccc2COC(=O)CCC(=O)OCc2ccccc2C(=O)OCc2ccc(OC)cc2)cc1. The summed E-state index contributed by atoms with van der Waals surface area (Å²) in [5, 5.41) is 0. The molecule has 0 aliphatic heterocycles. The number of carbonyl (C=O) groups excluding carboxylic acids is 4. The van der Waals surface area contributed by atoms with Crippen LogP contribution in [0, 0.1) is 0 Å². The summed E-state index contributed by atoms with van der Waals surface area (Å²) in [4.78, 5) is 50.2. The lowest BCUT2D eigenvalue weighted by Crippen LogP contribution is -2.14. The molecule has 0 aliphatic rings. The molecule has 0 unspecified atom stereocenters. The second kappa shape index (κ2) is 17.0. The van der Waals surface area contributed by atoms with Crippen LogP contribution in [-0.4, -0.2) is 38.1 Å². The first kappa shape index (κ1) is 33.3. The Morgan fingerprint density at radius 1 is 0.457 bits per heavy atom. The van der Waals surface area contributed by atoms with Crippen LogP contribution in [0.1, 0.15) is 55.8 Å². The van der Waals surface area contributed by atoms with Gasteiger partial charge in [0.15, 0.2) is 0 Å². The molecule has 4 aromatic carbocycles. The summed E-state index contributed by atoms with van der Waals surface area (Å²) in [5.41, 5.74) is 3.05. The van der Waals surface area contributed by atoms with Crippen molar-refractivity contribution in [3.63, 3.8) is 0 Å². The lowest BCUT2D eigenvalue weighted by Gasteiger charge is -2.11. The Kier molecular flexibility index (Phi) is 12.3. The van der Waals surface area contributed by atoms with E-state index in [0.29, 0.717) is 22.6 Å². The highest BCUT2D eigenvalue weighted by molar-refractivity contribution is 5.91. The molecule has 0 atom stereocenters. The molecule has 10 heteroatoms. The summed E-state index contributed by atoms with van der Waals surface area (Å²) in [6.07, 6.45) is -0.455. The first-order valence-electron chi connectivity index (χ1n) is 14.4. The monoisotopic (exact) mass is 626 g/mol. The van der Waals surface area contributed by atoms with Crippen molar-refractivity contribution >= 4 is 23.9 Å². The van der Waals surface area contributed by atoms with Crippen LogP contribution in [-0.2, 0) is 55.0 Å². The second-order valence-electron chi connectivity index (χ2n) is 9.98. The Morgan fingerprint density at radius 2 is 0.826 bits per heavy atom. The van der Waals surface area contributed by atoms with Gasteiger partial charge in [-0.05, 0) is 47.5 Å². The summed E-state index contributed by atoms with van der Waals surface area (Å²) >= 11 is 0.